The Morgan fingerprint density at radius 1 is 1.24 bits per heavy atom. The number of anilines is 1. The number of para-hydroxylation sites is 1. The lowest BCUT2D eigenvalue weighted by atomic mass is 9.96. The molecule has 2 amide bonds. The molecule has 0 radical (unpaired) electrons. The van der Waals surface area contributed by atoms with Gasteiger partial charge in [-0.2, -0.15) is 13.9 Å². The summed E-state index contributed by atoms with van der Waals surface area (Å²) in [5.41, 5.74) is 0.663. The van der Waals surface area contributed by atoms with Gasteiger partial charge in [0.05, 0.1) is 34.7 Å². The summed E-state index contributed by atoms with van der Waals surface area (Å²) in [5, 5.41) is 7.22. The summed E-state index contributed by atoms with van der Waals surface area (Å²) >= 11 is 0. The Bertz CT molecular complexity index is 1180. The Hall–Kier alpha value is -3.02. The molecule has 2 unspecified atom stereocenters. The van der Waals surface area contributed by atoms with Gasteiger partial charge in [0.25, 0.3) is 5.91 Å². The van der Waals surface area contributed by atoms with Crippen LogP contribution in [0.5, 0.6) is 5.75 Å². The maximum Gasteiger partial charge on any atom is 0.387 e. The molecule has 0 aliphatic carbocycles. The molecule has 2 atom stereocenters. The zero-order valence-electron chi connectivity index (χ0n) is 18.6. The monoisotopic (exact) mass is 496 g/mol. The molecule has 184 valence electrons. The predicted octanol–water partition coefficient (Wildman–Crippen LogP) is 2.64. The normalized spacial score (nSPS) is 22.1. The van der Waals surface area contributed by atoms with E-state index in [0.717, 1.165) is 0 Å². The van der Waals surface area contributed by atoms with Crippen LogP contribution in [-0.4, -0.2) is 66.1 Å². The number of nitrogens with one attached hydrogen (secondary N) is 1. The number of aryl methyl sites for hydroxylation is 1. The van der Waals surface area contributed by atoms with Crippen molar-refractivity contribution in [3.8, 4) is 5.75 Å². The van der Waals surface area contributed by atoms with E-state index in [-0.39, 0.29) is 41.3 Å². The highest BCUT2D eigenvalue weighted by Gasteiger charge is 2.33. The molecule has 0 bridgehead atoms. The molecule has 0 spiro atoms. The fourth-order valence-electron chi connectivity index (χ4n) is 4.47. The lowest BCUT2D eigenvalue weighted by molar-refractivity contribution is -0.121. The van der Waals surface area contributed by atoms with Crippen LogP contribution >= 0.6 is 0 Å². The molecule has 2 aliphatic rings. The Labute approximate surface area is 196 Å². The summed E-state index contributed by atoms with van der Waals surface area (Å²) in [6, 6.07) is 7.13. The summed E-state index contributed by atoms with van der Waals surface area (Å²) < 4.78 is 55.3. The standard InChI is InChI=1S/C22H26F2N4O5S/c1-14-11-19(28(26-14)16-8-10-34(31,32)13-16)25-20(29)15-5-4-9-27(12-15)21(30)17-6-2-3-7-18(17)33-22(23)24/h2-3,6-7,11,15-16,22H,4-5,8-10,12-13H2,1H3,(H,25,29). The minimum absolute atomic E-state index is 0.0139. The molecular formula is C22H26F2N4O5S. The van der Waals surface area contributed by atoms with E-state index in [9.17, 15) is 26.8 Å². The quantitative estimate of drug-likeness (QED) is 0.658. The fraction of sp³-hybridized carbons (Fsp3) is 0.500. The largest absolute Gasteiger partial charge is 0.434 e. The average molecular weight is 497 g/mol. The Morgan fingerprint density at radius 3 is 2.71 bits per heavy atom. The Kier molecular flexibility index (Phi) is 6.87. The van der Waals surface area contributed by atoms with Gasteiger partial charge in [-0.25, -0.2) is 13.1 Å². The molecule has 4 rings (SSSR count). The number of halogens is 2. The summed E-state index contributed by atoms with van der Waals surface area (Å²) in [7, 11) is -3.13. The average Bonchev–Trinajstić information content (AvgIpc) is 3.34. The van der Waals surface area contributed by atoms with Crippen molar-refractivity contribution in [3.63, 3.8) is 0 Å². The summed E-state index contributed by atoms with van der Waals surface area (Å²) in [6.07, 6.45) is 1.55. The first-order chi connectivity index (χ1) is 16.1. The first-order valence-electron chi connectivity index (χ1n) is 11.0. The number of alkyl halides is 2. The number of rotatable bonds is 6. The number of carbonyl (C=O) groups is 2. The summed E-state index contributed by atoms with van der Waals surface area (Å²) in [4.78, 5) is 27.5. The number of amides is 2. The van der Waals surface area contributed by atoms with E-state index in [1.54, 1.807) is 23.7 Å². The molecule has 2 aliphatic heterocycles. The second kappa shape index (κ2) is 9.69. The van der Waals surface area contributed by atoms with E-state index in [4.69, 9.17) is 0 Å². The minimum atomic E-state index is -3.13. The van der Waals surface area contributed by atoms with E-state index in [0.29, 0.717) is 37.3 Å². The van der Waals surface area contributed by atoms with Gasteiger partial charge < -0.3 is 15.0 Å². The SMILES string of the molecule is Cc1cc(NC(=O)C2CCCN(C(=O)c3ccccc3OC(F)F)C2)n(C2CCS(=O)(=O)C2)n1. The second-order valence-corrected chi connectivity index (χ2v) is 10.9. The first kappa shape index (κ1) is 24.1. The number of carbonyl (C=O) groups excluding carboxylic acids is 2. The third-order valence-electron chi connectivity index (χ3n) is 6.08. The van der Waals surface area contributed by atoms with Crippen molar-refractivity contribution in [2.45, 2.75) is 38.8 Å². The highest BCUT2D eigenvalue weighted by molar-refractivity contribution is 7.91. The molecular weight excluding hydrogens is 470 g/mol. The highest BCUT2D eigenvalue weighted by Crippen LogP contribution is 2.29. The van der Waals surface area contributed by atoms with Crippen LogP contribution < -0.4 is 10.1 Å². The van der Waals surface area contributed by atoms with Crippen molar-refractivity contribution in [2.24, 2.45) is 5.92 Å². The van der Waals surface area contributed by atoms with Gasteiger partial charge in [0, 0.05) is 19.2 Å². The van der Waals surface area contributed by atoms with Crippen molar-refractivity contribution in [1.29, 1.82) is 0 Å². The van der Waals surface area contributed by atoms with Gasteiger partial charge in [-0.1, -0.05) is 12.1 Å². The van der Waals surface area contributed by atoms with Gasteiger partial charge >= 0.3 is 6.61 Å². The molecule has 9 nitrogen and oxygen atoms in total. The third-order valence-corrected chi connectivity index (χ3v) is 7.83. The van der Waals surface area contributed by atoms with Gasteiger partial charge in [-0.15, -0.1) is 0 Å². The molecule has 12 heteroatoms. The van der Waals surface area contributed by atoms with Gasteiger partial charge in [-0.3, -0.25) is 9.59 Å². The zero-order chi connectivity index (χ0) is 24.5. The zero-order valence-corrected chi connectivity index (χ0v) is 19.4. The Morgan fingerprint density at radius 2 is 2.00 bits per heavy atom. The number of piperidine rings is 1. The van der Waals surface area contributed by atoms with Gasteiger partial charge in [-0.05, 0) is 38.3 Å². The number of ether oxygens (including phenoxy) is 1. The van der Waals surface area contributed by atoms with Gasteiger partial charge in [0.1, 0.15) is 11.6 Å². The van der Waals surface area contributed by atoms with Crippen LogP contribution in [0.15, 0.2) is 30.3 Å². The van der Waals surface area contributed by atoms with E-state index >= 15 is 0 Å². The third kappa shape index (κ3) is 5.37. The number of hydrogen-bond donors (Lipinski definition) is 1. The van der Waals surface area contributed by atoms with Crippen molar-refractivity contribution in [1.82, 2.24) is 14.7 Å². The van der Waals surface area contributed by atoms with E-state index in [2.05, 4.69) is 15.2 Å². The number of nitrogens with zero attached hydrogens (tertiary/aromatic N) is 3. The van der Waals surface area contributed by atoms with Gasteiger partial charge in [0.15, 0.2) is 9.84 Å². The fourth-order valence-corrected chi connectivity index (χ4v) is 6.16. The van der Waals surface area contributed by atoms with Crippen LogP contribution in [0.2, 0.25) is 0 Å². The molecule has 1 N–H and O–H groups in total. The highest BCUT2D eigenvalue weighted by atomic mass is 32.2. The number of likely N-dealkylation sites (tertiary alicyclic amines) is 1. The summed E-state index contributed by atoms with van der Waals surface area (Å²) in [6.45, 7) is -0.784. The first-order valence-corrected chi connectivity index (χ1v) is 12.9. The maximum atomic E-state index is 13.1. The molecule has 2 saturated heterocycles. The molecule has 1 aromatic heterocycles. The van der Waals surface area contributed by atoms with Crippen molar-refractivity contribution >= 4 is 27.5 Å². The molecule has 2 aromatic rings. The van der Waals surface area contributed by atoms with Crippen molar-refractivity contribution < 1.29 is 31.5 Å². The molecule has 1 aromatic carbocycles. The Balaban J connectivity index is 1.46. The predicted molar refractivity (Wildman–Crippen MR) is 120 cm³/mol. The molecule has 34 heavy (non-hydrogen) atoms. The smallest absolute Gasteiger partial charge is 0.387 e. The number of sulfone groups is 1. The van der Waals surface area contributed by atoms with Crippen LogP contribution in [0, 0.1) is 12.8 Å². The lowest BCUT2D eigenvalue weighted by Crippen LogP contribution is -2.44. The summed E-state index contributed by atoms with van der Waals surface area (Å²) in [5.74, 6) is -1.04. The van der Waals surface area contributed by atoms with Crippen LogP contribution in [-0.2, 0) is 14.6 Å². The van der Waals surface area contributed by atoms with E-state index in [1.165, 1.54) is 23.1 Å². The van der Waals surface area contributed by atoms with Crippen LogP contribution in [0.3, 0.4) is 0 Å². The van der Waals surface area contributed by atoms with Crippen molar-refractivity contribution in [3.05, 3.63) is 41.6 Å². The number of benzene rings is 1. The minimum Gasteiger partial charge on any atom is -0.434 e. The van der Waals surface area contributed by atoms with Crippen LogP contribution in [0.1, 0.15) is 41.4 Å². The van der Waals surface area contributed by atoms with E-state index in [1.807, 2.05) is 0 Å². The second-order valence-electron chi connectivity index (χ2n) is 8.63. The van der Waals surface area contributed by atoms with Crippen molar-refractivity contribution in [2.75, 3.05) is 29.9 Å². The molecule has 3 heterocycles. The lowest BCUT2D eigenvalue weighted by Gasteiger charge is -2.32. The topological polar surface area (TPSA) is 111 Å². The van der Waals surface area contributed by atoms with Crippen LogP contribution in [0.4, 0.5) is 14.6 Å². The molecule has 0 saturated carbocycles. The van der Waals surface area contributed by atoms with Crippen LogP contribution in [0.25, 0.3) is 0 Å². The van der Waals surface area contributed by atoms with Gasteiger partial charge in [0.2, 0.25) is 5.91 Å². The number of hydrogen-bond acceptors (Lipinski definition) is 6. The van der Waals surface area contributed by atoms with E-state index < -0.39 is 28.3 Å². The number of aromatic nitrogens is 2. The molecule has 2 fully saturated rings. The maximum absolute atomic E-state index is 13.1.